The molecule has 0 saturated carbocycles. The number of anilines is 1. The maximum Gasteiger partial charge on any atom is 0.319 e. The second-order valence-electron chi connectivity index (χ2n) is 6.73. The predicted octanol–water partition coefficient (Wildman–Crippen LogP) is 3.86. The Kier molecular flexibility index (Phi) is 5.56. The average molecular weight is 351 g/mol. The largest absolute Gasteiger partial charge is 0.339 e. The molecule has 1 saturated heterocycles. The number of likely N-dealkylation sites (tertiary alicyclic amines) is 1. The molecule has 136 valence electrons. The van der Waals surface area contributed by atoms with Gasteiger partial charge in [-0.15, -0.1) is 0 Å². The van der Waals surface area contributed by atoms with E-state index in [0.29, 0.717) is 17.8 Å². The normalized spacial score (nSPS) is 13.5. The maximum atomic E-state index is 12.8. The third-order valence-corrected chi connectivity index (χ3v) is 4.83. The van der Waals surface area contributed by atoms with E-state index < -0.39 is 0 Å². The minimum Gasteiger partial charge on any atom is -0.339 e. The summed E-state index contributed by atoms with van der Waals surface area (Å²) in [5.41, 5.74) is 4.22. The van der Waals surface area contributed by atoms with Gasteiger partial charge in [-0.1, -0.05) is 36.4 Å². The zero-order chi connectivity index (χ0) is 18.5. The number of benzene rings is 2. The first-order valence-corrected chi connectivity index (χ1v) is 9.04. The summed E-state index contributed by atoms with van der Waals surface area (Å²) >= 11 is 0. The molecule has 3 rings (SSSR count). The van der Waals surface area contributed by atoms with E-state index in [1.165, 1.54) is 0 Å². The number of amides is 3. The van der Waals surface area contributed by atoms with E-state index in [-0.39, 0.29) is 11.9 Å². The van der Waals surface area contributed by atoms with E-state index in [2.05, 4.69) is 10.6 Å². The smallest absolute Gasteiger partial charge is 0.319 e. The Balaban J connectivity index is 1.71. The van der Waals surface area contributed by atoms with E-state index in [4.69, 9.17) is 0 Å². The van der Waals surface area contributed by atoms with Crippen molar-refractivity contribution in [2.24, 2.45) is 0 Å². The van der Waals surface area contributed by atoms with Crippen molar-refractivity contribution in [1.29, 1.82) is 0 Å². The first kappa shape index (κ1) is 18.0. The summed E-state index contributed by atoms with van der Waals surface area (Å²) in [6.07, 6.45) is 2.08. The first-order valence-electron chi connectivity index (χ1n) is 9.04. The molecule has 0 spiro atoms. The molecule has 1 aliphatic heterocycles. The van der Waals surface area contributed by atoms with Gasteiger partial charge in [0.05, 0.1) is 11.3 Å². The number of rotatable bonds is 4. The van der Waals surface area contributed by atoms with Gasteiger partial charge >= 0.3 is 6.03 Å². The minimum absolute atomic E-state index is 0.00481. The van der Waals surface area contributed by atoms with Gasteiger partial charge in [-0.3, -0.25) is 4.79 Å². The van der Waals surface area contributed by atoms with Crippen LogP contribution in [0.3, 0.4) is 0 Å². The van der Waals surface area contributed by atoms with Crippen LogP contribution in [0.15, 0.2) is 42.5 Å². The summed E-state index contributed by atoms with van der Waals surface area (Å²) in [5.74, 6) is -0.00481. The summed E-state index contributed by atoms with van der Waals surface area (Å²) < 4.78 is 0. The standard InChI is InChI=1S/C21H25N3O2/c1-15-8-3-4-10-17(15)14-22-21(26)23-18-11-7-9-16(2)19(18)20(25)24-12-5-6-13-24/h3-4,7-11H,5-6,12-14H2,1-2H3,(H2,22,23,26). The highest BCUT2D eigenvalue weighted by molar-refractivity contribution is 6.04. The molecule has 0 aliphatic carbocycles. The zero-order valence-corrected chi connectivity index (χ0v) is 15.3. The van der Waals surface area contributed by atoms with Gasteiger partial charge in [-0.05, 0) is 49.4 Å². The third kappa shape index (κ3) is 4.04. The Morgan fingerprint density at radius 1 is 0.962 bits per heavy atom. The fourth-order valence-corrected chi connectivity index (χ4v) is 3.28. The molecule has 5 nitrogen and oxygen atoms in total. The molecule has 3 amide bonds. The zero-order valence-electron chi connectivity index (χ0n) is 15.3. The van der Waals surface area contributed by atoms with E-state index >= 15 is 0 Å². The molecule has 0 bridgehead atoms. The van der Waals surface area contributed by atoms with Crippen LogP contribution < -0.4 is 10.6 Å². The van der Waals surface area contributed by atoms with Crippen LogP contribution in [0.5, 0.6) is 0 Å². The van der Waals surface area contributed by atoms with Gasteiger partial charge in [0.15, 0.2) is 0 Å². The van der Waals surface area contributed by atoms with Crippen molar-refractivity contribution in [2.45, 2.75) is 33.2 Å². The molecule has 2 N–H and O–H groups in total. The van der Waals surface area contributed by atoms with Crippen LogP contribution in [0, 0.1) is 13.8 Å². The highest BCUT2D eigenvalue weighted by atomic mass is 16.2. The maximum absolute atomic E-state index is 12.8. The van der Waals surface area contributed by atoms with Gasteiger partial charge in [0.2, 0.25) is 0 Å². The highest BCUT2D eigenvalue weighted by Gasteiger charge is 2.24. The second-order valence-corrected chi connectivity index (χ2v) is 6.73. The number of urea groups is 1. The van der Waals surface area contributed by atoms with Crippen molar-refractivity contribution in [3.8, 4) is 0 Å². The number of carbonyl (C=O) groups excluding carboxylic acids is 2. The van der Waals surface area contributed by atoms with Crippen LogP contribution in [0.1, 0.15) is 39.9 Å². The SMILES string of the molecule is Cc1ccccc1CNC(=O)Nc1cccc(C)c1C(=O)N1CCCC1. The van der Waals surface area contributed by atoms with Crippen LogP contribution in [0.2, 0.25) is 0 Å². The molecule has 0 aromatic heterocycles. The summed E-state index contributed by atoms with van der Waals surface area (Å²) in [4.78, 5) is 27.1. The van der Waals surface area contributed by atoms with E-state index in [1.807, 2.05) is 55.1 Å². The predicted molar refractivity (Wildman–Crippen MR) is 103 cm³/mol. The minimum atomic E-state index is -0.311. The molecule has 5 heteroatoms. The summed E-state index contributed by atoms with van der Waals surface area (Å²) in [6, 6.07) is 13.2. The van der Waals surface area contributed by atoms with Gasteiger partial charge in [0, 0.05) is 19.6 Å². The van der Waals surface area contributed by atoms with Crippen molar-refractivity contribution in [2.75, 3.05) is 18.4 Å². The molecule has 2 aromatic carbocycles. The lowest BCUT2D eigenvalue weighted by Crippen LogP contribution is -2.32. The molecule has 0 unspecified atom stereocenters. The van der Waals surface area contributed by atoms with Crippen molar-refractivity contribution < 1.29 is 9.59 Å². The first-order chi connectivity index (χ1) is 12.6. The number of hydrogen-bond acceptors (Lipinski definition) is 2. The lowest BCUT2D eigenvalue weighted by molar-refractivity contribution is 0.0793. The van der Waals surface area contributed by atoms with Gasteiger partial charge in [0.25, 0.3) is 5.91 Å². The third-order valence-electron chi connectivity index (χ3n) is 4.83. The molecule has 0 atom stereocenters. The fourth-order valence-electron chi connectivity index (χ4n) is 3.28. The van der Waals surface area contributed by atoms with Gasteiger partial charge in [-0.2, -0.15) is 0 Å². The summed E-state index contributed by atoms with van der Waals surface area (Å²) in [7, 11) is 0. The number of hydrogen-bond donors (Lipinski definition) is 2. The van der Waals surface area contributed by atoms with E-state index in [1.54, 1.807) is 6.07 Å². The van der Waals surface area contributed by atoms with Crippen molar-refractivity contribution in [1.82, 2.24) is 10.2 Å². The van der Waals surface area contributed by atoms with Crippen molar-refractivity contribution in [3.05, 3.63) is 64.7 Å². The summed E-state index contributed by atoms with van der Waals surface area (Å²) in [5, 5.41) is 5.72. The van der Waals surface area contributed by atoms with Crippen LogP contribution >= 0.6 is 0 Å². The van der Waals surface area contributed by atoms with Crippen LogP contribution in [-0.2, 0) is 6.54 Å². The number of aryl methyl sites for hydroxylation is 2. The lowest BCUT2D eigenvalue weighted by atomic mass is 10.1. The Morgan fingerprint density at radius 2 is 1.65 bits per heavy atom. The Morgan fingerprint density at radius 3 is 2.38 bits per heavy atom. The van der Waals surface area contributed by atoms with Crippen LogP contribution in [-0.4, -0.2) is 29.9 Å². The molecule has 1 aliphatic rings. The fraction of sp³-hybridized carbons (Fsp3) is 0.333. The molecule has 0 radical (unpaired) electrons. The molecule has 1 heterocycles. The van der Waals surface area contributed by atoms with Crippen molar-refractivity contribution >= 4 is 17.6 Å². The van der Waals surface area contributed by atoms with E-state index in [9.17, 15) is 9.59 Å². The number of nitrogens with one attached hydrogen (secondary N) is 2. The quantitative estimate of drug-likeness (QED) is 0.879. The molecular formula is C21H25N3O2. The van der Waals surface area contributed by atoms with E-state index in [0.717, 1.165) is 42.6 Å². The summed E-state index contributed by atoms with van der Waals surface area (Å²) in [6.45, 7) is 5.93. The molecule has 2 aromatic rings. The molecular weight excluding hydrogens is 326 g/mol. The lowest BCUT2D eigenvalue weighted by Gasteiger charge is -2.20. The second kappa shape index (κ2) is 8.04. The van der Waals surface area contributed by atoms with Gasteiger partial charge in [0.1, 0.15) is 0 Å². The van der Waals surface area contributed by atoms with Gasteiger partial charge < -0.3 is 15.5 Å². The average Bonchev–Trinajstić information content (AvgIpc) is 3.15. The monoisotopic (exact) mass is 351 g/mol. The molecule has 1 fully saturated rings. The topological polar surface area (TPSA) is 61.4 Å². The van der Waals surface area contributed by atoms with Crippen molar-refractivity contribution in [3.63, 3.8) is 0 Å². The Bertz CT molecular complexity index is 811. The highest BCUT2D eigenvalue weighted by Crippen LogP contribution is 2.23. The van der Waals surface area contributed by atoms with Crippen LogP contribution in [0.4, 0.5) is 10.5 Å². The Hall–Kier alpha value is -2.82. The molecule has 26 heavy (non-hydrogen) atoms. The number of nitrogens with zero attached hydrogens (tertiary/aromatic N) is 1. The van der Waals surface area contributed by atoms with Gasteiger partial charge in [-0.25, -0.2) is 4.79 Å². The van der Waals surface area contributed by atoms with Crippen LogP contribution in [0.25, 0.3) is 0 Å². The Labute approximate surface area is 154 Å². The number of carbonyl (C=O) groups is 2.